The largest absolute Gasteiger partial charge is 0.416 e. The third kappa shape index (κ3) is 3.83. The molecule has 2 aromatic rings. The van der Waals surface area contributed by atoms with Crippen LogP contribution in [-0.2, 0) is 11.0 Å². The van der Waals surface area contributed by atoms with Crippen LogP contribution in [0.2, 0.25) is 0 Å². The normalized spacial score (nSPS) is 21.0. The zero-order valence-electron chi connectivity index (χ0n) is 15.1. The average molecular weight is 407 g/mol. The molecule has 1 unspecified atom stereocenters. The zero-order chi connectivity index (χ0) is 19.7. The summed E-state index contributed by atoms with van der Waals surface area (Å²) in [5, 5.41) is 6.70. The molecule has 0 saturated carbocycles. The highest BCUT2D eigenvalue weighted by Crippen LogP contribution is 2.40. The van der Waals surface area contributed by atoms with Crippen LogP contribution in [0.4, 0.5) is 13.2 Å². The molecule has 1 amide bonds. The lowest BCUT2D eigenvalue weighted by Crippen LogP contribution is -2.41. The van der Waals surface area contributed by atoms with Gasteiger partial charge in [0.15, 0.2) is 0 Å². The number of benzene rings is 1. The monoisotopic (exact) mass is 407 g/mol. The van der Waals surface area contributed by atoms with Crippen molar-refractivity contribution in [2.24, 2.45) is 5.92 Å². The predicted octanol–water partition coefficient (Wildman–Crippen LogP) is 4.54. The molecule has 148 valence electrons. The molecule has 1 aromatic carbocycles. The van der Waals surface area contributed by atoms with Crippen LogP contribution in [0.3, 0.4) is 0 Å². The fraction of sp³-hybridized carbons (Fsp3) is 0.400. The number of piperidine rings is 1. The van der Waals surface area contributed by atoms with Gasteiger partial charge in [0, 0.05) is 35.5 Å². The lowest BCUT2D eigenvalue weighted by atomic mass is 9.86. The standard InChI is InChI=1S/C20H20F3N3OS/c21-20(22,23)17-4-2-1-3-16(17)13-5-7-26(8-6-13)19(27)14-9-18(28-12-14)15-10-24-25-11-15/h1-4,9-11,13-14H,5-8,12H2,(H,24,25). The van der Waals surface area contributed by atoms with Crippen molar-refractivity contribution in [1.82, 2.24) is 15.1 Å². The molecule has 1 aromatic heterocycles. The summed E-state index contributed by atoms with van der Waals surface area (Å²) in [5.41, 5.74) is 0.767. The number of amides is 1. The van der Waals surface area contributed by atoms with E-state index in [2.05, 4.69) is 10.2 Å². The van der Waals surface area contributed by atoms with E-state index >= 15 is 0 Å². The number of halogens is 3. The Bertz CT molecular complexity index is 871. The highest BCUT2D eigenvalue weighted by molar-refractivity contribution is 8.08. The van der Waals surface area contributed by atoms with Gasteiger partial charge in [-0.25, -0.2) is 0 Å². The summed E-state index contributed by atoms with van der Waals surface area (Å²) in [6.07, 6.45) is 2.26. The molecule has 1 atom stereocenters. The van der Waals surface area contributed by atoms with E-state index in [0.29, 0.717) is 37.2 Å². The van der Waals surface area contributed by atoms with Gasteiger partial charge in [-0.2, -0.15) is 18.3 Å². The topological polar surface area (TPSA) is 49.0 Å². The second-order valence-electron chi connectivity index (χ2n) is 7.12. The van der Waals surface area contributed by atoms with E-state index in [1.165, 1.54) is 6.07 Å². The van der Waals surface area contributed by atoms with Crippen molar-refractivity contribution in [2.45, 2.75) is 24.9 Å². The molecule has 28 heavy (non-hydrogen) atoms. The predicted molar refractivity (Wildman–Crippen MR) is 103 cm³/mol. The van der Waals surface area contributed by atoms with Crippen LogP contribution in [0.25, 0.3) is 4.91 Å². The van der Waals surface area contributed by atoms with Crippen LogP contribution in [0.5, 0.6) is 0 Å². The van der Waals surface area contributed by atoms with Crippen molar-refractivity contribution in [3.8, 4) is 0 Å². The second kappa shape index (κ2) is 7.66. The van der Waals surface area contributed by atoms with Crippen molar-refractivity contribution in [2.75, 3.05) is 18.8 Å². The van der Waals surface area contributed by atoms with Crippen LogP contribution in [0.15, 0.2) is 42.7 Å². The Morgan fingerprint density at radius 2 is 1.96 bits per heavy atom. The molecule has 3 heterocycles. The fourth-order valence-corrected chi connectivity index (χ4v) is 5.06. The maximum absolute atomic E-state index is 13.3. The van der Waals surface area contributed by atoms with Crippen LogP contribution in [0.1, 0.15) is 35.4 Å². The molecule has 0 bridgehead atoms. The highest BCUT2D eigenvalue weighted by atomic mass is 32.2. The number of aromatic nitrogens is 2. The lowest BCUT2D eigenvalue weighted by molar-refractivity contribution is -0.139. The SMILES string of the molecule is O=C(C1C=C(c2cn[nH]c2)SC1)N1CCC(c2ccccc2C(F)(F)F)CC1. The summed E-state index contributed by atoms with van der Waals surface area (Å²) in [6, 6.07) is 5.79. The fourth-order valence-electron chi connectivity index (χ4n) is 3.92. The molecule has 1 N–H and O–H groups in total. The first kappa shape index (κ1) is 19.1. The van der Waals surface area contributed by atoms with Gasteiger partial charge in [0.1, 0.15) is 0 Å². The summed E-state index contributed by atoms with van der Waals surface area (Å²) in [6.45, 7) is 0.984. The molecule has 2 aliphatic rings. The van der Waals surface area contributed by atoms with E-state index in [9.17, 15) is 18.0 Å². The Balaban J connectivity index is 1.41. The quantitative estimate of drug-likeness (QED) is 0.813. The maximum Gasteiger partial charge on any atom is 0.416 e. The number of carbonyl (C=O) groups is 1. The molecule has 1 saturated heterocycles. The Morgan fingerprint density at radius 1 is 1.21 bits per heavy atom. The molecule has 0 aliphatic carbocycles. The minimum absolute atomic E-state index is 0.0635. The summed E-state index contributed by atoms with van der Waals surface area (Å²) in [4.78, 5) is 15.7. The number of alkyl halides is 3. The first-order valence-corrected chi connectivity index (χ1v) is 10.2. The molecule has 1 fully saturated rings. The smallest absolute Gasteiger partial charge is 0.342 e. The Kier molecular flexibility index (Phi) is 5.23. The van der Waals surface area contributed by atoms with E-state index in [4.69, 9.17) is 0 Å². The number of nitrogens with zero attached hydrogens (tertiary/aromatic N) is 2. The summed E-state index contributed by atoms with van der Waals surface area (Å²) in [5.74, 6) is 0.398. The molecule has 4 rings (SSSR count). The molecule has 0 spiro atoms. The molecular formula is C20H20F3N3OS. The Labute approximate surface area is 165 Å². The minimum atomic E-state index is -4.35. The molecule has 2 aliphatic heterocycles. The minimum Gasteiger partial charge on any atom is -0.342 e. The maximum atomic E-state index is 13.3. The number of likely N-dealkylation sites (tertiary alicyclic amines) is 1. The third-order valence-electron chi connectivity index (χ3n) is 5.38. The summed E-state index contributed by atoms with van der Waals surface area (Å²) >= 11 is 1.63. The molecular weight excluding hydrogens is 387 g/mol. The van der Waals surface area contributed by atoms with Gasteiger partial charge in [-0.1, -0.05) is 24.3 Å². The number of thioether (sulfide) groups is 1. The van der Waals surface area contributed by atoms with Crippen molar-refractivity contribution in [1.29, 1.82) is 0 Å². The van der Waals surface area contributed by atoms with Gasteiger partial charge >= 0.3 is 6.18 Å². The van der Waals surface area contributed by atoms with Crippen LogP contribution < -0.4 is 0 Å². The lowest BCUT2D eigenvalue weighted by Gasteiger charge is -2.34. The highest BCUT2D eigenvalue weighted by Gasteiger charge is 2.37. The van der Waals surface area contributed by atoms with E-state index in [-0.39, 0.29) is 17.7 Å². The van der Waals surface area contributed by atoms with Gasteiger partial charge in [0.05, 0.1) is 17.7 Å². The van der Waals surface area contributed by atoms with Crippen LogP contribution >= 0.6 is 11.8 Å². The van der Waals surface area contributed by atoms with Gasteiger partial charge < -0.3 is 4.90 Å². The van der Waals surface area contributed by atoms with Gasteiger partial charge in [-0.15, -0.1) is 11.8 Å². The molecule has 8 heteroatoms. The number of hydrogen-bond acceptors (Lipinski definition) is 3. The number of H-pyrrole nitrogens is 1. The van der Waals surface area contributed by atoms with Crippen LogP contribution in [-0.4, -0.2) is 39.8 Å². The zero-order valence-corrected chi connectivity index (χ0v) is 15.9. The van der Waals surface area contributed by atoms with Gasteiger partial charge in [0.2, 0.25) is 5.91 Å². The van der Waals surface area contributed by atoms with E-state index in [1.807, 2.05) is 6.08 Å². The Hall–Kier alpha value is -2.22. The number of carbonyl (C=O) groups excluding carboxylic acids is 1. The molecule has 4 nitrogen and oxygen atoms in total. The first-order valence-electron chi connectivity index (χ1n) is 9.22. The van der Waals surface area contributed by atoms with Crippen molar-refractivity contribution in [3.05, 3.63) is 59.4 Å². The van der Waals surface area contributed by atoms with Gasteiger partial charge in [-0.3, -0.25) is 9.89 Å². The number of hydrogen-bond donors (Lipinski definition) is 1. The molecule has 0 radical (unpaired) electrons. The second-order valence-corrected chi connectivity index (χ2v) is 8.18. The van der Waals surface area contributed by atoms with Crippen molar-refractivity contribution in [3.63, 3.8) is 0 Å². The van der Waals surface area contributed by atoms with Gasteiger partial charge in [-0.05, 0) is 30.4 Å². The van der Waals surface area contributed by atoms with E-state index < -0.39 is 11.7 Å². The number of rotatable bonds is 3. The summed E-state index contributed by atoms with van der Waals surface area (Å²) in [7, 11) is 0. The van der Waals surface area contributed by atoms with Gasteiger partial charge in [0.25, 0.3) is 0 Å². The summed E-state index contributed by atoms with van der Waals surface area (Å²) < 4.78 is 39.9. The third-order valence-corrected chi connectivity index (χ3v) is 6.59. The number of nitrogens with one attached hydrogen (secondary N) is 1. The average Bonchev–Trinajstić information content (AvgIpc) is 3.38. The Morgan fingerprint density at radius 3 is 2.64 bits per heavy atom. The van der Waals surface area contributed by atoms with Crippen molar-refractivity contribution < 1.29 is 18.0 Å². The number of aromatic amines is 1. The van der Waals surface area contributed by atoms with E-state index in [0.717, 1.165) is 16.5 Å². The van der Waals surface area contributed by atoms with E-state index in [1.54, 1.807) is 41.2 Å². The van der Waals surface area contributed by atoms with Crippen LogP contribution in [0, 0.1) is 5.92 Å². The van der Waals surface area contributed by atoms with Crippen molar-refractivity contribution >= 4 is 22.6 Å². The first-order chi connectivity index (χ1) is 13.4.